The van der Waals surface area contributed by atoms with Gasteiger partial charge >= 0.3 is 0 Å². The second kappa shape index (κ2) is 11.4. The molecule has 0 atom stereocenters. The number of benzene rings is 3. The molecule has 2 N–H and O–H groups in total. The zero-order chi connectivity index (χ0) is 24.7. The maximum absolute atomic E-state index is 13.2. The lowest BCUT2D eigenvalue weighted by molar-refractivity contribution is -0.113. The third kappa shape index (κ3) is 6.21. The van der Waals surface area contributed by atoms with Crippen molar-refractivity contribution in [2.75, 3.05) is 26.6 Å². The monoisotopic (exact) mass is 500 g/mol. The van der Waals surface area contributed by atoms with Crippen molar-refractivity contribution in [1.82, 2.24) is 5.32 Å². The molecule has 3 aromatic carbocycles. The SMILES string of the molecule is COc1cc(/C=C(\NC(=O)c2ccccc2)C(=O)Nc2cc(Cl)cc(Cl)c2)cc(OC)c1OC. The number of amides is 2. The summed E-state index contributed by atoms with van der Waals surface area (Å²) in [5, 5.41) is 6.07. The topological polar surface area (TPSA) is 85.9 Å². The molecule has 176 valence electrons. The lowest BCUT2D eigenvalue weighted by atomic mass is 10.1. The van der Waals surface area contributed by atoms with E-state index in [1.165, 1.54) is 27.4 Å². The van der Waals surface area contributed by atoms with E-state index in [2.05, 4.69) is 10.6 Å². The van der Waals surface area contributed by atoms with E-state index < -0.39 is 11.8 Å². The Morgan fingerprint density at radius 2 is 1.41 bits per heavy atom. The fraction of sp³-hybridized carbons (Fsp3) is 0.120. The summed E-state index contributed by atoms with van der Waals surface area (Å²) in [4.78, 5) is 26.0. The van der Waals surface area contributed by atoms with E-state index in [0.717, 1.165) is 0 Å². The predicted octanol–water partition coefficient (Wildman–Crippen LogP) is 5.43. The quantitative estimate of drug-likeness (QED) is 0.402. The molecular formula is C25H22Cl2N2O5. The predicted molar refractivity (Wildman–Crippen MR) is 133 cm³/mol. The Balaban J connectivity index is 2.02. The number of anilines is 1. The van der Waals surface area contributed by atoms with Gasteiger partial charge in [0.2, 0.25) is 5.75 Å². The van der Waals surface area contributed by atoms with Crippen LogP contribution in [-0.4, -0.2) is 33.1 Å². The van der Waals surface area contributed by atoms with Crippen LogP contribution in [0.1, 0.15) is 15.9 Å². The van der Waals surface area contributed by atoms with Crippen molar-refractivity contribution in [1.29, 1.82) is 0 Å². The fourth-order valence-corrected chi connectivity index (χ4v) is 3.64. The van der Waals surface area contributed by atoms with Gasteiger partial charge in [0.25, 0.3) is 11.8 Å². The van der Waals surface area contributed by atoms with Gasteiger partial charge in [0.05, 0.1) is 21.3 Å². The fourth-order valence-electron chi connectivity index (χ4n) is 3.12. The second-order valence-electron chi connectivity index (χ2n) is 6.95. The Morgan fingerprint density at radius 3 is 1.94 bits per heavy atom. The molecule has 0 saturated carbocycles. The summed E-state index contributed by atoms with van der Waals surface area (Å²) < 4.78 is 16.1. The summed E-state index contributed by atoms with van der Waals surface area (Å²) in [6, 6.07) is 16.5. The van der Waals surface area contributed by atoms with Crippen LogP contribution in [0.4, 0.5) is 5.69 Å². The van der Waals surface area contributed by atoms with Crippen molar-refractivity contribution >= 4 is 46.8 Å². The van der Waals surface area contributed by atoms with Gasteiger partial charge in [0.1, 0.15) is 5.70 Å². The highest BCUT2D eigenvalue weighted by atomic mass is 35.5. The summed E-state index contributed by atoms with van der Waals surface area (Å²) >= 11 is 12.1. The summed E-state index contributed by atoms with van der Waals surface area (Å²) in [6.07, 6.45) is 1.49. The molecule has 0 fully saturated rings. The minimum Gasteiger partial charge on any atom is -0.493 e. The Kier molecular flexibility index (Phi) is 8.40. The first-order valence-electron chi connectivity index (χ1n) is 10.00. The number of halogens is 2. The Hall–Kier alpha value is -3.68. The number of hydrogen-bond acceptors (Lipinski definition) is 5. The van der Waals surface area contributed by atoms with Crippen molar-refractivity contribution < 1.29 is 23.8 Å². The van der Waals surface area contributed by atoms with Crippen LogP contribution in [0.25, 0.3) is 6.08 Å². The van der Waals surface area contributed by atoms with Crippen molar-refractivity contribution in [3.05, 3.63) is 87.5 Å². The molecule has 3 rings (SSSR count). The van der Waals surface area contributed by atoms with Gasteiger partial charge in [-0.05, 0) is 54.1 Å². The number of rotatable bonds is 8. The van der Waals surface area contributed by atoms with E-state index in [9.17, 15) is 9.59 Å². The van der Waals surface area contributed by atoms with Crippen molar-refractivity contribution in [3.63, 3.8) is 0 Å². The van der Waals surface area contributed by atoms with Gasteiger partial charge in [-0.15, -0.1) is 0 Å². The molecule has 0 bridgehead atoms. The smallest absolute Gasteiger partial charge is 0.272 e. The maximum atomic E-state index is 13.2. The molecule has 0 heterocycles. The summed E-state index contributed by atoms with van der Waals surface area (Å²) in [5.74, 6) is 0.137. The Morgan fingerprint density at radius 1 is 0.824 bits per heavy atom. The molecule has 2 amide bonds. The van der Waals surface area contributed by atoms with Gasteiger partial charge in [0, 0.05) is 21.3 Å². The van der Waals surface area contributed by atoms with Gasteiger partial charge in [-0.25, -0.2) is 0 Å². The van der Waals surface area contributed by atoms with Crippen LogP contribution in [0.15, 0.2) is 66.4 Å². The van der Waals surface area contributed by atoms with E-state index in [-0.39, 0.29) is 5.70 Å². The lowest BCUT2D eigenvalue weighted by Crippen LogP contribution is -2.30. The highest BCUT2D eigenvalue weighted by molar-refractivity contribution is 6.35. The van der Waals surface area contributed by atoms with Gasteiger partial charge in [0.15, 0.2) is 11.5 Å². The molecule has 9 heteroatoms. The van der Waals surface area contributed by atoms with Gasteiger partial charge < -0.3 is 24.8 Å². The molecule has 0 aliphatic carbocycles. The highest BCUT2D eigenvalue weighted by Crippen LogP contribution is 2.38. The molecule has 0 saturated heterocycles. The third-order valence-corrected chi connectivity index (χ3v) is 5.08. The third-order valence-electron chi connectivity index (χ3n) is 4.65. The summed E-state index contributed by atoms with van der Waals surface area (Å²) in [7, 11) is 4.46. The average molecular weight is 501 g/mol. The molecular weight excluding hydrogens is 479 g/mol. The van der Waals surface area contributed by atoms with Crippen LogP contribution in [0, 0.1) is 0 Å². The first-order chi connectivity index (χ1) is 16.3. The molecule has 0 radical (unpaired) electrons. The number of carbonyl (C=O) groups excluding carboxylic acids is 2. The van der Waals surface area contributed by atoms with Gasteiger partial charge in [-0.2, -0.15) is 0 Å². The van der Waals surface area contributed by atoms with Gasteiger partial charge in [-0.3, -0.25) is 9.59 Å². The lowest BCUT2D eigenvalue weighted by Gasteiger charge is -2.15. The highest BCUT2D eigenvalue weighted by Gasteiger charge is 2.18. The minimum atomic E-state index is -0.587. The average Bonchev–Trinajstić information content (AvgIpc) is 2.82. The molecule has 0 spiro atoms. The zero-order valence-electron chi connectivity index (χ0n) is 18.6. The molecule has 0 unspecified atom stereocenters. The number of nitrogens with one attached hydrogen (secondary N) is 2. The zero-order valence-corrected chi connectivity index (χ0v) is 20.2. The Labute approximate surface area is 207 Å². The number of hydrogen-bond donors (Lipinski definition) is 2. The number of carbonyl (C=O) groups is 2. The van der Waals surface area contributed by atoms with E-state index in [4.69, 9.17) is 37.4 Å². The first kappa shape index (κ1) is 25.0. The Bertz CT molecular complexity index is 1180. The van der Waals surface area contributed by atoms with Crippen molar-refractivity contribution in [2.45, 2.75) is 0 Å². The molecule has 7 nitrogen and oxygen atoms in total. The van der Waals surface area contributed by atoms with Crippen molar-refractivity contribution in [2.24, 2.45) is 0 Å². The standard InChI is InChI=1S/C25H22Cl2N2O5/c1-32-21-10-15(11-22(33-2)23(21)34-3)9-20(29-24(30)16-7-5-4-6-8-16)25(31)28-19-13-17(26)12-18(27)14-19/h4-14H,1-3H3,(H,28,31)(H,29,30)/b20-9-. The molecule has 34 heavy (non-hydrogen) atoms. The van der Waals surface area contributed by atoms with Gasteiger partial charge in [-0.1, -0.05) is 41.4 Å². The van der Waals surface area contributed by atoms with E-state index in [1.807, 2.05) is 0 Å². The van der Waals surface area contributed by atoms with Crippen LogP contribution in [0.5, 0.6) is 17.2 Å². The summed E-state index contributed by atoms with van der Waals surface area (Å²) in [5.41, 5.74) is 1.25. The molecule has 0 aliphatic rings. The van der Waals surface area contributed by atoms with Crippen LogP contribution in [0.2, 0.25) is 10.0 Å². The molecule has 3 aromatic rings. The van der Waals surface area contributed by atoms with Crippen LogP contribution >= 0.6 is 23.2 Å². The normalized spacial score (nSPS) is 10.9. The first-order valence-corrected chi connectivity index (χ1v) is 10.8. The van der Waals surface area contributed by atoms with Crippen molar-refractivity contribution in [3.8, 4) is 17.2 Å². The van der Waals surface area contributed by atoms with E-state index in [0.29, 0.717) is 44.1 Å². The van der Waals surface area contributed by atoms with E-state index >= 15 is 0 Å². The maximum Gasteiger partial charge on any atom is 0.272 e. The second-order valence-corrected chi connectivity index (χ2v) is 7.82. The van der Waals surface area contributed by atoms with Crippen LogP contribution in [-0.2, 0) is 4.79 Å². The number of methoxy groups -OCH3 is 3. The number of ether oxygens (including phenoxy) is 3. The largest absolute Gasteiger partial charge is 0.493 e. The minimum absolute atomic E-state index is 0.0285. The molecule has 0 aromatic heterocycles. The van der Waals surface area contributed by atoms with E-state index in [1.54, 1.807) is 60.7 Å². The molecule has 0 aliphatic heterocycles. The summed E-state index contributed by atoms with van der Waals surface area (Å²) in [6.45, 7) is 0. The van der Waals surface area contributed by atoms with Crippen LogP contribution in [0.3, 0.4) is 0 Å². The van der Waals surface area contributed by atoms with Crippen LogP contribution < -0.4 is 24.8 Å².